The van der Waals surface area contributed by atoms with E-state index in [0.29, 0.717) is 23.5 Å². The van der Waals surface area contributed by atoms with Crippen molar-refractivity contribution in [3.05, 3.63) is 76.7 Å². The van der Waals surface area contributed by atoms with Gasteiger partial charge in [0.25, 0.3) is 5.56 Å². The number of likely N-dealkylation sites (tertiary alicyclic amines) is 1. The Morgan fingerprint density at radius 2 is 1.73 bits per heavy atom. The quantitative estimate of drug-likeness (QED) is 0.771. The molecule has 1 fully saturated rings. The summed E-state index contributed by atoms with van der Waals surface area (Å²) in [7, 11) is 1.70. The van der Waals surface area contributed by atoms with E-state index < -0.39 is 0 Å². The second kappa shape index (κ2) is 6.67. The van der Waals surface area contributed by atoms with Gasteiger partial charge in [-0.05, 0) is 18.1 Å². The highest BCUT2D eigenvalue weighted by Gasteiger charge is 2.27. The second-order valence-electron chi connectivity index (χ2n) is 6.78. The van der Waals surface area contributed by atoms with Crippen LogP contribution >= 0.6 is 0 Å². The van der Waals surface area contributed by atoms with E-state index in [0.717, 1.165) is 18.4 Å². The predicted molar refractivity (Wildman–Crippen MR) is 104 cm³/mol. The highest BCUT2D eigenvalue weighted by molar-refractivity contribution is 6.01. The van der Waals surface area contributed by atoms with Crippen LogP contribution in [0.3, 0.4) is 0 Å². The Kier molecular flexibility index (Phi) is 4.21. The molecule has 2 amide bonds. The Hall–Kier alpha value is -3.08. The smallest absolute Gasteiger partial charge is 0.321 e. The molecule has 0 bridgehead atoms. The van der Waals surface area contributed by atoms with Gasteiger partial charge in [-0.25, -0.2) is 4.79 Å². The fourth-order valence-corrected chi connectivity index (χ4v) is 3.65. The molecule has 1 aromatic heterocycles. The molecule has 1 aliphatic rings. The molecule has 1 atom stereocenters. The Morgan fingerprint density at radius 3 is 2.50 bits per heavy atom. The van der Waals surface area contributed by atoms with Gasteiger partial charge in [0.1, 0.15) is 0 Å². The fourth-order valence-electron chi connectivity index (χ4n) is 3.65. The average Bonchev–Trinajstić information content (AvgIpc) is 3.17. The van der Waals surface area contributed by atoms with Crippen molar-refractivity contribution in [2.24, 2.45) is 7.05 Å². The van der Waals surface area contributed by atoms with Crippen LogP contribution in [0.15, 0.2) is 65.6 Å². The minimum absolute atomic E-state index is 0.0658. The van der Waals surface area contributed by atoms with Gasteiger partial charge in [0, 0.05) is 43.0 Å². The molecule has 1 aliphatic heterocycles. The summed E-state index contributed by atoms with van der Waals surface area (Å²) in [5, 5.41) is 4.37. The number of aromatic nitrogens is 1. The zero-order valence-electron chi connectivity index (χ0n) is 14.7. The van der Waals surface area contributed by atoms with Crippen molar-refractivity contribution in [3.8, 4) is 0 Å². The topological polar surface area (TPSA) is 54.3 Å². The molecular weight excluding hydrogens is 326 g/mol. The molecule has 5 heteroatoms. The van der Waals surface area contributed by atoms with Crippen LogP contribution in [0.4, 0.5) is 10.5 Å². The Balaban J connectivity index is 1.55. The van der Waals surface area contributed by atoms with Crippen LogP contribution in [0.25, 0.3) is 10.8 Å². The van der Waals surface area contributed by atoms with Crippen molar-refractivity contribution in [1.29, 1.82) is 0 Å². The maximum Gasteiger partial charge on any atom is 0.321 e. The molecule has 1 N–H and O–H groups in total. The molecule has 0 radical (unpaired) electrons. The van der Waals surface area contributed by atoms with E-state index in [9.17, 15) is 9.59 Å². The molecule has 4 rings (SSSR count). The molecular formula is C21H21N3O2. The van der Waals surface area contributed by atoms with Gasteiger partial charge in [-0.3, -0.25) is 4.79 Å². The lowest BCUT2D eigenvalue weighted by Crippen LogP contribution is -2.33. The van der Waals surface area contributed by atoms with E-state index in [4.69, 9.17) is 0 Å². The summed E-state index contributed by atoms with van der Waals surface area (Å²) in [4.78, 5) is 26.9. The standard InChI is InChI=1S/C21H21N3O2/c1-23-14-19(17-9-5-6-10-18(17)20(23)25)22-21(26)24-12-11-16(13-24)15-7-3-2-4-8-15/h2-10,14,16H,11-13H2,1H3,(H,22,26). The van der Waals surface area contributed by atoms with E-state index in [1.165, 1.54) is 10.1 Å². The van der Waals surface area contributed by atoms with Crippen LogP contribution in [0.1, 0.15) is 17.9 Å². The predicted octanol–water partition coefficient (Wildman–Crippen LogP) is 3.56. The third kappa shape index (κ3) is 2.96. The Labute approximate surface area is 151 Å². The van der Waals surface area contributed by atoms with Crippen LogP contribution in [0.5, 0.6) is 0 Å². The number of anilines is 1. The van der Waals surface area contributed by atoms with E-state index in [1.807, 2.05) is 41.3 Å². The van der Waals surface area contributed by atoms with Crippen LogP contribution in [-0.4, -0.2) is 28.6 Å². The third-order valence-corrected chi connectivity index (χ3v) is 5.08. The maximum atomic E-state index is 12.8. The zero-order chi connectivity index (χ0) is 18.1. The first-order valence-corrected chi connectivity index (χ1v) is 8.83. The van der Waals surface area contributed by atoms with Crippen molar-refractivity contribution in [2.45, 2.75) is 12.3 Å². The number of hydrogen-bond acceptors (Lipinski definition) is 2. The van der Waals surface area contributed by atoms with Gasteiger partial charge in [-0.15, -0.1) is 0 Å². The van der Waals surface area contributed by atoms with Gasteiger partial charge < -0.3 is 14.8 Å². The van der Waals surface area contributed by atoms with Crippen molar-refractivity contribution >= 4 is 22.5 Å². The zero-order valence-corrected chi connectivity index (χ0v) is 14.7. The number of pyridine rings is 1. The van der Waals surface area contributed by atoms with Crippen molar-refractivity contribution < 1.29 is 4.79 Å². The number of benzene rings is 2. The van der Waals surface area contributed by atoms with Crippen LogP contribution in [0.2, 0.25) is 0 Å². The lowest BCUT2D eigenvalue weighted by molar-refractivity contribution is 0.222. The second-order valence-corrected chi connectivity index (χ2v) is 6.78. The maximum absolute atomic E-state index is 12.8. The van der Waals surface area contributed by atoms with Gasteiger partial charge in [-0.2, -0.15) is 0 Å². The summed E-state index contributed by atoms with van der Waals surface area (Å²) in [6, 6.07) is 17.6. The third-order valence-electron chi connectivity index (χ3n) is 5.08. The number of nitrogens with zero attached hydrogens (tertiary/aromatic N) is 2. The monoisotopic (exact) mass is 347 g/mol. The van der Waals surface area contributed by atoms with Crippen LogP contribution < -0.4 is 10.9 Å². The number of carbonyl (C=O) groups is 1. The fraction of sp³-hybridized carbons (Fsp3) is 0.238. The van der Waals surface area contributed by atoms with Crippen molar-refractivity contribution in [3.63, 3.8) is 0 Å². The van der Waals surface area contributed by atoms with E-state index >= 15 is 0 Å². The lowest BCUT2D eigenvalue weighted by atomic mass is 9.99. The minimum atomic E-state index is -0.118. The highest BCUT2D eigenvalue weighted by Crippen LogP contribution is 2.28. The highest BCUT2D eigenvalue weighted by atomic mass is 16.2. The molecule has 1 unspecified atom stereocenters. The number of carbonyl (C=O) groups excluding carboxylic acids is 1. The first-order valence-electron chi connectivity index (χ1n) is 8.83. The number of hydrogen-bond donors (Lipinski definition) is 1. The summed E-state index contributed by atoms with van der Waals surface area (Å²) in [6.45, 7) is 1.44. The number of aryl methyl sites for hydroxylation is 1. The molecule has 132 valence electrons. The van der Waals surface area contributed by atoms with Crippen LogP contribution in [-0.2, 0) is 7.05 Å². The molecule has 0 saturated carbocycles. The molecule has 0 spiro atoms. The minimum Gasteiger partial charge on any atom is -0.324 e. The number of rotatable bonds is 2. The SMILES string of the molecule is Cn1cc(NC(=O)N2CCC(c3ccccc3)C2)c2ccccc2c1=O. The molecule has 5 nitrogen and oxygen atoms in total. The molecule has 0 aliphatic carbocycles. The van der Waals surface area contributed by atoms with Crippen molar-refractivity contribution in [1.82, 2.24) is 9.47 Å². The molecule has 2 heterocycles. The van der Waals surface area contributed by atoms with E-state index in [-0.39, 0.29) is 11.6 Å². The lowest BCUT2D eigenvalue weighted by Gasteiger charge is -2.19. The number of nitrogens with one attached hydrogen (secondary N) is 1. The first-order chi connectivity index (χ1) is 12.6. The van der Waals surface area contributed by atoms with Gasteiger partial charge in [0.05, 0.1) is 5.69 Å². The van der Waals surface area contributed by atoms with E-state index in [1.54, 1.807) is 19.3 Å². The van der Waals surface area contributed by atoms with Gasteiger partial charge in [0.15, 0.2) is 0 Å². The summed E-state index contributed by atoms with van der Waals surface area (Å²) >= 11 is 0. The first kappa shape index (κ1) is 16.4. The molecule has 2 aromatic carbocycles. The van der Waals surface area contributed by atoms with Gasteiger partial charge >= 0.3 is 6.03 Å². The summed E-state index contributed by atoms with van der Waals surface area (Å²) < 4.78 is 1.51. The summed E-state index contributed by atoms with van der Waals surface area (Å²) in [6.07, 6.45) is 2.65. The summed E-state index contributed by atoms with van der Waals surface area (Å²) in [5.74, 6) is 0.374. The number of fused-ring (bicyclic) bond motifs is 1. The van der Waals surface area contributed by atoms with Gasteiger partial charge in [-0.1, -0.05) is 48.5 Å². The number of amides is 2. The Bertz CT molecular complexity index is 1010. The largest absolute Gasteiger partial charge is 0.324 e. The molecule has 3 aromatic rings. The van der Waals surface area contributed by atoms with Gasteiger partial charge in [0.2, 0.25) is 0 Å². The van der Waals surface area contributed by atoms with E-state index in [2.05, 4.69) is 17.4 Å². The van der Waals surface area contributed by atoms with Crippen molar-refractivity contribution in [2.75, 3.05) is 18.4 Å². The Morgan fingerprint density at radius 1 is 1.04 bits per heavy atom. The average molecular weight is 347 g/mol. The number of urea groups is 1. The van der Waals surface area contributed by atoms with Crippen LogP contribution in [0, 0.1) is 0 Å². The molecule has 26 heavy (non-hydrogen) atoms. The summed E-state index contributed by atoms with van der Waals surface area (Å²) in [5.41, 5.74) is 1.87. The molecule has 1 saturated heterocycles. The normalized spacial score (nSPS) is 16.8.